The number of carbonyl (C=O) groups is 2. The number of anilines is 1. The molecule has 0 aliphatic rings. The van der Waals surface area contributed by atoms with E-state index in [0.717, 1.165) is 5.56 Å². The van der Waals surface area contributed by atoms with Gasteiger partial charge in [-0.15, -0.1) is 0 Å². The first-order chi connectivity index (χ1) is 10.9. The molecule has 7 heteroatoms. The predicted molar refractivity (Wildman–Crippen MR) is 92.9 cm³/mol. The molecule has 2 aromatic rings. The molecular formula is C16H13ClN2O3S. The van der Waals surface area contributed by atoms with Crippen molar-refractivity contribution < 1.29 is 14.7 Å². The molecule has 0 fully saturated rings. The average molecular weight is 349 g/mol. The summed E-state index contributed by atoms with van der Waals surface area (Å²) in [6.45, 7) is 0. The Bertz CT molecular complexity index is 730. The van der Waals surface area contributed by atoms with Crippen molar-refractivity contribution >= 4 is 46.5 Å². The minimum Gasteiger partial charge on any atom is -0.478 e. The highest BCUT2D eigenvalue weighted by Crippen LogP contribution is 2.11. The Labute approximate surface area is 143 Å². The van der Waals surface area contributed by atoms with E-state index < -0.39 is 5.97 Å². The van der Waals surface area contributed by atoms with E-state index in [9.17, 15) is 9.59 Å². The highest BCUT2D eigenvalue weighted by atomic mass is 35.5. The lowest BCUT2D eigenvalue weighted by atomic mass is 10.1. The molecular weight excluding hydrogens is 336 g/mol. The van der Waals surface area contributed by atoms with Crippen LogP contribution in [0.25, 0.3) is 0 Å². The number of benzene rings is 2. The number of rotatable bonds is 4. The Morgan fingerprint density at radius 1 is 1.04 bits per heavy atom. The van der Waals surface area contributed by atoms with Gasteiger partial charge in [0.2, 0.25) is 5.91 Å². The van der Waals surface area contributed by atoms with Crippen molar-refractivity contribution in [2.45, 2.75) is 6.42 Å². The molecule has 0 unspecified atom stereocenters. The molecule has 0 spiro atoms. The Hall–Kier alpha value is -2.44. The maximum Gasteiger partial charge on any atom is 0.335 e. The topological polar surface area (TPSA) is 78.4 Å². The van der Waals surface area contributed by atoms with Crippen LogP contribution in [0.4, 0.5) is 5.69 Å². The summed E-state index contributed by atoms with van der Waals surface area (Å²) >= 11 is 10.8. The molecule has 2 rings (SSSR count). The van der Waals surface area contributed by atoms with Crippen molar-refractivity contribution in [2.24, 2.45) is 0 Å². The quantitative estimate of drug-likeness (QED) is 0.740. The lowest BCUT2D eigenvalue weighted by Crippen LogP contribution is -2.35. The van der Waals surface area contributed by atoms with Crippen molar-refractivity contribution in [1.82, 2.24) is 5.32 Å². The summed E-state index contributed by atoms with van der Waals surface area (Å²) in [7, 11) is 0. The van der Waals surface area contributed by atoms with Crippen LogP contribution in [0, 0.1) is 0 Å². The molecule has 0 aromatic heterocycles. The van der Waals surface area contributed by atoms with Gasteiger partial charge in [-0.05, 0) is 54.2 Å². The fourth-order valence-electron chi connectivity index (χ4n) is 1.82. The predicted octanol–water partition coefficient (Wildman–Crippen LogP) is 3.09. The van der Waals surface area contributed by atoms with Gasteiger partial charge in [-0.2, -0.15) is 0 Å². The summed E-state index contributed by atoms with van der Waals surface area (Å²) in [5, 5.41) is 15.0. The zero-order chi connectivity index (χ0) is 16.8. The number of carboxylic acid groups (broad SMARTS) is 1. The smallest absolute Gasteiger partial charge is 0.335 e. The molecule has 0 atom stereocenters. The molecule has 0 radical (unpaired) electrons. The summed E-state index contributed by atoms with van der Waals surface area (Å²) < 4.78 is 0. The third kappa shape index (κ3) is 5.36. The number of amides is 1. The zero-order valence-corrected chi connectivity index (χ0v) is 13.4. The van der Waals surface area contributed by atoms with Gasteiger partial charge in [-0.25, -0.2) is 4.79 Å². The molecule has 1 amide bonds. The maximum atomic E-state index is 11.9. The molecule has 3 N–H and O–H groups in total. The second-order valence-electron chi connectivity index (χ2n) is 4.69. The van der Waals surface area contributed by atoms with Crippen LogP contribution >= 0.6 is 23.8 Å². The summed E-state index contributed by atoms with van der Waals surface area (Å²) in [6, 6.07) is 13.0. The van der Waals surface area contributed by atoms with Crippen LogP contribution in [0.1, 0.15) is 15.9 Å². The Morgan fingerprint density at radius 2 is 1.65 bits per heavy atom. The normalized spacial score (nSPS) is 9.96. The molecule has 0 saturated carbocycles. The van der Waals surface area contributed by atoms with Gasteiger partial charge in [0.15, 0.2) is 5.11 Å². The lowest BCUT2D eigenvalue weighted by Gasteiger charge is -2.10. The van der Waals surface area contributed by atoms with Crippen LogP contribution in [-0.2, 0) is 11.2 Å². The first kappa shape index (κ1) is 16.9. The lowest BCUT2D eigenvalue weighted by molar-refractivity contribution is -0.119. The fourth-order valence-corrected chi connectivity index (χ4v) is 2.17. The summed E-state index contributed by atoms with van der Waals surface area (Å²) in [6.07, 6.45) is 0.178. The van der Waals surface area contributed by atoms with Crippen LogP contribution in [0.15, 0.2) is 48.5 Å². The van der Waals surface area contributed by atoms with Crippen molar-refractivity contribution in [3.63, 3.8) is 0 Å². The van der Waals surface area contributed by atoms with Crippen molar-refractivity contribution in [3.05, 3.63) is 64.7 Å². The largest absolute Gasteiger partial charge is 0.478 e. The monoisotopic (exact) mass is 348 g/mol. The number of aromatic carboxylic acids is 1. The van der Waals surface area contributed by atoms with Crippen LogP contribution in [-0.4, -0.2) is 22.1 Å². The Balaban J connectivity index is 1.87. The van der Waals surface area contributed by atoms with Gasteiger partial charge in [-0.1, -0.05) is 23.7 Å². The number of hydrogen-bond donors (Lipinski definition) is 3. The molecule has 0 bridgehead atoms. The van der Waals surface area contributed by atoms with Crippen molar-refractivity contribution in [1.29, 1.82) is 0 Å². The molecule has 0 heterocycles. The minimum absolute atomic E-state index is 0.145. The number of nitrogens with one attached hydrogen (secondary N) is 2. The van der Waals surface area contributed by atoms with Gasteiger partial charge < -0.3 is 15.7 Å². The standard InChI is InChI=1S/C16H13ClN2O3S/c17-12-5-1-10(2-6-12)9-14(20)19-16(23)18-13-7-3-11(4-8-13)15(21)22/h1-8H,9H2,(H,21,22)(H2,18,19,20,23). The van der Waals surface area contributed by atoms with Crippen LogP contribution in [0.5, 0.6) is 0 Å². The van der Waals surface area contributed by atoms with Crippen LogP contribution < -0.4 is 10.6 Å². The Kier molecular flexibility index (Phi) is 5.67. The molecule has 0 aliphatic carbocycles. The summed E-state index contributed by atoms with van der Waals surface area (Å²) in [5.41, 5.74) is 1.58. The van der Waals surface area contributed by atoms with E-state index in [0.29, 0.717) is 10.7 Å². The second kappa shape index (κ2) is 7.71. The van der Waals surface area contributed by atoms with Gasteiger partial charge >= 0.3 is 5.97 Å². The Morgan fingerprint density at radius 3 is 2.22 bits per heavy atom. The molecule has 2 aromatic carbocycles. The second-order valence-corrected chi connectivity index (χ2v) is 5.53. The zero-order valence-electron chi connectivity index (χ0n) is 11.9. The van der Waals surface area contributed by atoms with E-state index in [-0.39, 0.29) is 23.0 Å². The summed E-state index contributed by atoms with van der Waals surface area (Å²) in [4.78, 5) is 22.7. The van der Waals surface area contributed by atoms with Crippen LogP contribution in [0.3, 0.4) is 0 Å². The fraction of sp³-hybridized carbons (Fsp3) is 0.0625. The summed E-state index contributed by atoms with van der Waals surface area (Å²) in [5.74, 6) is -1.26. The number of halogens is 1. The van der Waals surface area contributed by atoms with Gasteiger partial charge in [0.1, 0.15) is 0 Å². The van der Waals surface area contributed by atoms with Crippen molar-refractivity contribution in [3.8, 4) is 0 Å². The molecule has 23 heavy (non-hydrogen) atoms. The van der Waals surface area contributed by atoms with Gasteiger partial charge in [-0.3, -0.25) is 4.79 Å². The average Bonchev–Trinajstić information content (AvgIpc) is 2.50. The van der Waals surface area contributed by atoms with E-state index in [1.54, 1.807) is 36.4 Å². The van der Waals surface area contributed by atoms with E-state index >= 15 is 0 Å². The third-order valence-corrected chi connectivity index (χ3v) is 3.38. The number of hydrogen-bond acceptors (Lipinski definition) is 3. The van der Waals surface area contributed by atoms with Crippen molar-refractivity contribution in [2.75, 3.05) is 5.32 Å². The molecule has 0 saturated heterocycles. The van der Waals surface area contributed by atoms with Gasteiger partial charge in [0, 0.05) is 10.7 Å². The first-order valence-electron chi connectivity index (χ1n) is 6.62. The highest BCUT2D eigenvalue weighted by Gasteiger charge is 2.07. The maximum absolute atomic E-state index is 11.9. The molecule has 118 valence electrons. The number of carboxylic acids is 1. The minimum atomic E-state index is -1.00. The van der Waals surface area contributed by atoms with E-state index in [1.165, 1.54) is 12.1 Å². The van der Waals surface area contributed by atoms with E-state index in [1.807, 2.05) is 0 Å². The number of carbonyl (C=O) groups excluding carboxylic acids is 1. The SMILES string of the molecule is O=C(Cc1ccc(Cl)cc1)NC(=S)Nc1ccc(C(=O)O)cc1. The highest BCUT2D eigenvalue weighted by molar-refractivity contribution is 7.80. The molecule has 0 aliphatic heterocycles. The number of thiocarbonyl (C=S) groups is 1. The van der Waals surface area contributed by atoms with Gasteiger partial charge in [0.25, 0.3) is 0 Å². The van der Waals surface area contributed by atoms with E-state index in [2.05, 4.69) is 10.6 Å². The molecule has 5 nitrogen and oxygen atoms in total. The third-order valence-electron chi connectivity index (χ3n) is 2.92. The first-order valence-corrected chi connectivity index (χ1v) is 7.41. The van der Waals surface area contributed by atoms with Crippen LogP contribution in [0.2, 0.25) is 5.02 Å². The van der Waals surface area contributed by atoms with Gasteiger partial charge in [0.05, 0.1) is 12.0 Å². The van der Waals surface area contributed by atoms with E-state index in [4.69, 9.17) is 28.9 Å².